The van der Waals surface area contributed by atoms with Crippen molar-refractivity contribution in [3.05, 3.63) is 28.1 Å². The van der Waals surface area contributed by atoms with Gasteiger partial charge >= 0.3 is 0 Å². The van der Waals surface area contributed by atoms with Crippen molar-refractivity contribution in [3.8, 4) is 0 Å². The molecule has 0 fully saturated rings. The van der Waals surface area contributed by atoms with Crippen LogP contribution in [0.1, 0.15) is 25.7 Å². The van der Waals surface area contributed by atoms with Gasteiger partial charge in [-0.2, -0.15) is 10.2 Å². The molecule has 0 atom stereocenters. The second-order valence-electron chi connectivity index (χ2n) is 3.57. The normalized spacial score (nSPS) is 11.2. The molecule has 0 amide bonds. The van der Waals surface area contributed by atoms with Gasteiger partial charge in [-0.1, -0.05) is 0 Å². The van der Waals surface area contributed by atoms with Crippen molar-refractivity contribution in [1.29, 1.82) is 0 Å². The highest BCUT2D eigenvalue weighted by Crippen LogP contribution is 2.08. The minimum absolute atomic E-state index is 0.331. The van der Waals surface area contributed by atoms with Gasteiger partial charge in [-0.25, -0.2) is 9.67 Å². The van der Waals surface area contributed by atoms with E-state index in [9.17, 15) is 0 Å². The van der Waals surface area contributed by atoms with Crippen molar-refractivity contribution < 1.29 is 0 Å². The van der Waals surface area contributed by atoms with Gasteiger partial charge in [0.05, 0.1) is 9.77 Å². The van der Waals surface area contributed by atoms with Crippen LogP contribution >= 0.6 is 22.6 Å². The molecule has 0 bridgehead atoms. The Morgan fingerprint density at radius 2 is 2.20 bits per heavy atom. The molecule has 6 heteroatoms. The van der Waals surface area contributed by atoms with Crippen LogP contribution in [0.2, 0.25) is 0 Å². The molecule has 80 valence electrons. The number of hydrogen-bond donors (Lipinski definition) is 0. The lowest BCUT2D eigenvalue weighted by molar-refractivity contribution is 0.488. The van der Waals surface area contributed by atoms with E-state index >= 15 is 0 Å². The van der Waals surface area contributed by atoms with Crippen LogP contribution in [-0.4, -0.2) is 24.5 Å². The van der Waals surface area contributed by atoms with E-state index in [1.54, 1.807) is 6.33 Å². The van der Waals surface area contributed by atoms with E-state index in [0.29, 0.717) is 12.6 Å². The Balaban J connectivity index is 2.20. The zero-order valence-electron chi connectivity index (χ0n) is 8.63. The number of aromatic nitrogens is 5. The number of nitrogens with zero attached hydrogens (tertiary/aromatic N) is 5. The van der Waals surface area contributed by atoms with Crippen LogP contribution in [0, 0.1) is 3.57 Å². The summed E-state index contributed by atoms with van der Waals surface area (Å²) in [4.78, 5) is 4.23. The third-order valence-corrected chi connectivity index (χ3v) is 2.60. The Labute approximate surface area is 102 Å². The van der Waals surface area contributed by atoms with Gasteiger partial charge < -0.3 is 0 Å². The topological polar surface area (TPSA) is 48.5 Å². The van der Waals surface area contributed by atoms with E-state index in [0.717, 1.165) is 9.39 Å². The summed E-state index contributed by atoms with van der Waals surface area (Å²) in [7, 11) is 0. The first-order valence-electron chi connectivity index (χ1n) is 4.73. The lowest BCUT2D eigenvalue weighted by Crippen LogP contribution is -2.12. The minimum Gasteiger partial charge on any atom is -0.264 e. The van der Waals surface area contributed by atoms with Gasteiger partial charge in [-0.05, 0) is 36.4 Å². The first-order valence-corrected chi connectivity index (χ1v) is 5.81. The average molecular weight is 317 g/mol. The summed E-state index contributed by atoms with van der Waals surface area (Å²) < 4.78 is 4.90. The van der Waals surface area contributed by atoms with E-state index in [1.807, 2.05) is 21.8 Å². The van der Waals surface area contributed by atoms with Crippen LogP contribution in [-0.2, 0) is 6.54 Å². The lowest BCUT2D eigenvalue weighted by Gasteiger charge is -2.08. The predicted octanol–water partition coefficient (Wildman–Crippen LogP) is 1.71. The molecule has 0 unspecified atom stereocenters. The van der Waals surface area contributed by atoms with Crippen molar-refractivity contribution in [3.63, 3.8) is 0 Å². The highest BCUT2D eigenvalue weighted by atomic mass is 127. The van der Waals surface area contributed by atoms with Crippen LogP contribution in [0.4, 0.5) is 0 Å². The first kappa shape index (κ1) is 10.6. The molecule has 0 saturated heterocycles. The summed E-state index contributed by atoms with van der Waals surface area (Å²) in [5, 5.41) is 8.40. The molecular formula is C9H12IN5. The van der Waals surface area contributed by atoms with Crippen LogP contribution in [0.25, 0.3) is 0 Å². The van der Waals surface area contributed by atoms with Gasteiger partial charge in [0.1, 0.15) is 18.7 Å². The fraction of sp³-hybridized carbons (Fsp3) is 0.444. The zero-order valence-corrected chi connectivity index (χ0v) is 10.8. The molecule has 0 aliphatic carbocycles. The van der Waals surface area contributed by atoms with Crippen LogP contribution in [0.3, 0.4) is 0 Å². The fourth-order valence-corrected chi connectivity index (χ4v) is 1.83. The van der Waals surface area contributed by atoms with Crippen molar-refractivity contribution in [2.45, 2.75) is 26.4 Å². The number of rotatable bonds is 3. The Morgan fingerprint density at radius 1 is 1.40 bits per heavy atom. The van der Waals surface area contributed by atoms with Crippen LogP contribution < -0.4 is 0 Å². The molecule has 0 N–H and O–H groups in total. The van der Waals surface area contributed by atoms with E-state index in [-0.39, 0.29) is 0 Å². The molecule has 2 aromatic heterocycles. The molecule has 0 spiro atoms. The summed E-state index contributed by atoms with van der Waals surface area (Å²) in [5.41, 5.74) is 0. The molecule has 2 rings (SSSR count). The third kappa shape index (κ3) is 2.36. The summed E-state index contributed by atoms with van der Waals surface area (Å²) in [6, 6.07) is 0.331. The maximum absolute atomic E-state index is 4.23. The van der Waals surface area contributed by atoms with Gasteiger partial charge in [-0.3, -0.25) is 4.68 Å². The third-order valence-electron chi connectivity index (χ3n) is 2.04. The molecule has 0 aliphatic heterocycles. The van der Waals surface area contributed by atoms with E-state index in [4.69, 9.17) is 0 Å². The molecule has 0 aliphatic rings. The second kappa shape index (κ2) is 4.30. The molecule has 5 nitrogen and oxygen atoms in total. The molecular weight excluding hydrogens is 305 g/mol. The van der Waals surface area contributed by atoms with Crippen molar-refractivity contribution in [2.24, 2.45) is 0 Å². The summed E-state index contributed by atoms with van der Waals surface area (Å²) in [6.45, 7) is 4.84. The first-order chi connectivity index (χ1) is 7.16. The van der Waals surface area contributed by atoms with E-state index in [2.05, 4.69) is 51.6 Å². The maximum Gasteiger partial charge on any atom is 0.148 e. The Kier molecular flexibility index (Phi) is 3.03. The highest BCUT2D eigenvalue weighted by Gasteiger charge is 2.08. The quantitative estimate of drug-likeness (QED) is 0.810. The van der Waals surface area contributed by atoms with Gasteiger partial charge in [0.25, 0.3) is 0 Å². The zero-order chi connectivity index (χ0) is 10.8. The SMILES string of the molecule is CC(C)n1ncnc1Cn1cc(I)cn1. The van der Waals surface area contributed by atoms with Gasteiger partial charge in [0, 0.05) is 12.2 Å². The summed E-state index contributed by atoms with van der Waals surface area (Å²) in [5.74, 6) is 0.935. The van der Waals surface area contributed by atoms with Gasteiger partial charge in [0.15, 0.2) is 0 Å². The average Bonchev–Trinajstić information content (AvgIpc) is 2.75. The molecule has 2 heterocycles. The largest absolute Gasteiger partial charge is 0.264 e. The Morgan fingerprint density at radius 3 is 2.80 bits per heavy atom. The second-order valence-corrected chi connectivity index (χ2v) is 4.82. The van der Waals surface area contributed by atoms with E-state index in [1.165, 1.54) is 0 Å². The van der Waals surface area contributed by atoms with Crippen molar-refractivity contribution in [1.82, 2.24) is 24.5 Å². The lowest BCUT2D eigenvalue weighted by atomic mass is 10.4. The van der Waals surface area contributed by atoms with Gasteiger partial charge in [-0.15, -0.1) is 0 Å². The Hall–Kier alpha value is -0.920. The molecule has 15 heavy (non-hydrogen) atoms. The fourth-order valence-electron chi connectivity index (χ4n) is 1.39. The van der Waals surface area contributed by atoms with Crippen molar-refractivity contribution in [2.75, 3.05) is 0 Å². The number of hydrogen-bond acceptors (Lipinski definition) is 3. The molecule has 0 saturated carbocycles. The molecule has 0 radical (unpaired) electrons. The van der Waals surface area contributed by atoms with Crippen molar-refractivity contribution >= 4 is 22.6 Å². The molecule has 0 aromatic carbocycles. The highest BCUT2D eigenvalue weighted by molar-refractivity contribution is 14.1. The van der Waals surface area contributed by atoms with Crippen LogP contribution in [0.15, 0.2) is 18.7 Å². The minimum atomic E-state index is 0.331. The van der Waals surface area contributed by atoms with Crippen LogP contribution in [0.5, 0.6) is 0 Å². The van der Waals surface area contributed by atoms with Gasteiger partial charge in [0.2, 0.25) is 0 Å². The number of halogens is 1. The predicted molar refractivity (Wildman–Crippen MR) is 64.5 cm³/mol. The smallest absolute Gasteiger partial charge is 0.148 e. The summed E-state index contributed by atoms with van der Waals surface area (Å²) in [6.07, 6.45) is 5.40. The van der Waals surface area contributed by atoms with E-state index < -0.39 is 0 Å². The monoisotopic (exact) mass is 317 g/mol. The Bertz CT molecular complexity index is 445. The molecule has 2 aromatic rings. The summed E-state index contributed by atoms with van der Waals surface area (Å²) >= 11 is 2.24. The maximum atomic E-state index is 4.23. The standard InChI is InChI=1S/C9H12IN5/c1-7(2)15-9(11-6-13-15)5-14-4-8(10)3-12-14/h3-4,6-7H,5H2,1-2H3.